The molecule has 2 N–H and O–H groups in total. The van der Waals surface area contributed by atoms with E-state index in [0.717, 1.165) is 17.3 Å². The highest BCUT2D eigenvalue weighted by Crippen LogP contribution is 2.39. The molecule has 0 saturated heterocycles. The van der Waals surface area contributed by atoms with Crippen LogP contribution in [-0.2, 0) is 4.79 Å². The number of carboxylic acid groups (broad SMARTS) is 1. The third-order valence-corrected chi connectivity index (χ3v) is 4.58. The second-order valence-electron chi connectivity index (χ2n) is 4.88. The number of aryl methyl sites for hydroxylation is 1. The van der Waals surface area contributed by atoms with Gasteiger partial charge in [0.1, 0.15) is 5.54 Å². The molecule has 1 aromatic heterocycles. The molecule has 0 radical (unpaired) electrons. The number of hydrogen-bond acceptors (Lipinski definition) is 5. The molecule has 1 saturated carbocycles. The van der Waals surface area contributed by atoms with Crippen LogP contribution in [0.3, 0.4) is 0 Å². The summed E-state index contributed by atoms with van der Waals surface area (Å²) in [4.78, 5) is 20.0. The Morgan fingerprint density at radius 3 is 3.11 bits per heavy atom. The van der Waals surface area contributed by atoms with Crippen molar-refractivity contribution in [3.05, 3.63) is 18.0 Å². The zero-order chi connectivity index (χ0) is 13.9. The normalized spacial score (nSPS) is 26.5. The van der Waals surface area contributed by atoms with E-state index in [9.17, 15) is 9.90 Å². The second kappa shape index (κ2) is 5.88. The topological polar surface area (TPSA) is 75.1 Å². The van der Waals surface area contributed by atoms with E-state index in [2.05, 4.69) is 15.3 Å². The lowest BCUT2D eigenvalue weighted by atomic mass is 9.98. The van der Waals surface area contributed by atoms with Crippen LogP contribution in [0.15, 0.2) is 17.4 Å². The molecule has 1 heterocycles. The van der Waals surface area contributed by atoms with Crippen molar-refractivity contribution >= 4 is 17.7 Å². The van der Waals surface area contributed by atoms with Crippen molar-refractivity contribution in [2.75, 3.05) is 6.54 Å². The molecule has 104 valence electrons. The smallest absolute Gasteiger partial charge is 0.323 e. The van der Waals surface area contributed by atoms with E-state index in [4.69, 9.17) is 0 Å². The summed E-state index contributed by atoms with van der Waals surface area (Å²) in [7, 11) is 0. The molecule has 6 heteroatoms. The van der Waals surface area contributed by atoms with Crippen molar-refractivity contribution in [3.63, 3.8) is 0 Å². The van der Waals surface area contributed by atoms with Crippen LogP contribution in [0.2, 0.25) is 0 Å². The fourth-order valence-electron chi connectivity index (χ4n) is 2.50. The predicted octanol–water partition coefficient (Wildman–Crippen LogP) is 1.86. The van der Waals surface area contributed by atoms with Crippen molar-refractivity contribution in [2.24, 2.45) is 0 Å². The van der Waals surface area contributed by atoms with Crippen LogP contribution < -0.4 is 5.32 Å². The van der Waals surface area contributed by atoms with Gasteiger partial charge >= 0.3 is 5.97 Å². The maximum absolute atomic E-state index is 11.5. The predicted molar refractivity (Wildman–Crippen MR) is 74.3 cm³/mol. The third kappa shape index (κ3) is 3.25. The average Bonchev–Trinajstić information content (AvgIpc) is 2.74. The number of carboxylic acids is 1. The molecule has 0 aromatic carbocycles. The number of hydrogen-bond donors (Lipinski definition) is 2. The summed E-state index contributed by atoms with van der Waals surface area (Å²) < 4.78 is 0. The van der Waals surface area contributed by atoms with Gasteiger partial charge in [0.05, 0.1) is 0 Å². The number of aliphatic carboxylic acids is 1. The van der Waals surface area contributed by atoms with Crippen LogP contribution in [-0.4, -0.2) is 38.4 Å². The van der Waals surface area contributed by atoms with Crippen LogP contribution in [0.4, 0.5) is 0 Å². The van der Waals surface area contributed by atoms with Gasteiger partial charge < -0.3 is 10.4 Å². The number of carbonyl (C=O) groups is 1. The van der Waals surface area contributed by atoms with Crippen molar-refractivity contribution in [2.45, 2.75) is 49.1 Å². The minimum Gasteiger partial charge on any atom is -0.480 e. The first-order valence-electron chi connectivity index (χ1n) is 6.50. The molecule has 0 aliphatic heterocycles. The maximum atomic E-state index is 11.5. The Balaban J connectivity index is 2.03. The van der Waals surface area contributed by atoms with E-state index in [1.807, 2.05) is 19.9 Å². The highest BCUT2D eigenvalue weighted by atomic mass is 32.2. The van der Waals surface area contributed by atoms with Crippen molar-refractivity contribution in [1.29, 1.82) is 0 Å². The Bertz CT molecular complexity index is 469. The van der Waals surface area contributed by atoms with Gasteiger partial charge in [0.2, 0.25) is 0 Å². The molecule has 19 heavy (non-hydrogen) atoms. The minimum atomic E-state index is -0.768. The van der Waals surface area contributed by atoms with E-state index >= 15 is 0 Å². The van der Waals surface area contributed by atoms with Crippen LogP contribution >= 0.6 is 11.8 Å². The molecule has 0 bridgehead atoms. The first kappa shape index (κ1) is 14.3. The summed E-state index contributed by atoms with van der Waals surface area (Å²) in [6.07, 6.45) is 3.91. The van der Waals surface area contributed by atoms with Gasteiger partial charge in [-0.1, -0.05) is 18.7 Å². The second-order valence-corrected chi connectivity index (χ2v) is 6.15. The van der Waals surface area contributed by atoms with E-state index in [0.29, 0.717) is 19.4 Å². The number of nitrogens with one attached hydrogen (secondary N) is 1. The summed E-state index contributed by atoms with van der Waals surface area (Å²) in [5, 5.41) is 13.6. The number of likely N-dealkylation sites (N-methyl/N-ethyl adjacent to an activating group) is 1. The molecule has 2 rings (SSSR count). The lowest BCUT2D eigenvalue weighted by Crippen LogP contribution is -2.50. The molecular formula is C13H19N3O2S. The van der Waals surface area contributed by atoms with Gasteiger partial charge in [-0.05, 0) is 38.8 Å². The van der Waals surface area contributed by atoms with Crippen LogP contribution in [0.25, 0.3) is 0 Å². The molecule has 1 aromatic rings. The van der Waals surface area contributed by atoms with Crippen LogP contribution in [0.1, 0.15) is 31.9 Å². The Morgan fingerprint density at radius 2 is 2.47 bits per heavy atom. The average molecular weight is 281 g/mol. The zero-order valence-electron chi connectivity index (χ0n) is 11.2. The van der Waals surface area contributed by atoms with Crippen LogP contribution in [0.5, 0.6) is 0 Å². The minimum absolute atomic E-state index is 0.261. The highest BCUT2D eigenvalue weighted by Gasteiger charge is 2.45. The fourth-order valence-corrected chi connectivity index (χ4v) is 3.72. The van der Waals surface area contributed by atoms with Crippen molar-refractivity contribution in [1.82, 2.24) is 15.3 Å². The third-order valence-electron chi connectivity index (χ3n) is 3.44. The van der Waals surface area contributed by atoms with Crippen molar-refractivity contribution < 1.29 is 9.90 Å². The van der Waals surface area contributed by atoms with E-state index in [-0.39, 0.29) is 5.25 Å². The molecule has 0 spiro atoms. The molecule has 1 aliphatic carbocycles. The maximum Gasteiger partial charge on any atom is 0.323 e. The molecule has 0 amide bonds. The molecule has 1 fully saturated rings. The fraction of sp³-hybridized carbons (Fsp3) is 0.615. The van der Waals surface area contributed by atoms with Gasteiger partial charge in [-0.2, -0.15) is 0 Å². The SMILES string of the molecule is CCNC1(C(=O)O)CCC(Sc2nccc(C)n2)C1. The summed E-state index contributed by atoms with van der Waals surface area (Å²) in [5.74, 6) is -0.748. The van der Waals surface area contributed by atoms with Gasteiger partial charge in [-0.3, -0.25) is 4.79 Å². The Hall–Kier alpha value is -1.14. The summed E-state index contributed by atoms with van der Waals surface area (Å²) in [6, 6.07) is 1.86. The van der Waals surface area contributed by atoms with Gasteiger partial charge in [0.15, 0.2) is 5.16 Å². The molecule has 1 aliphatic rings. The quantitative estimate of drug-likeness (QED) is 0.802. The summed E-state index contributed by atoms with van der Waals surface area (Å²) in [5.41, 5.74) is 0.169. The number of aromatic nitrogens is 2. The van der Waals surface area contributed by atoms with Gasteiger partial charge in [-0.25, -0.2) is 9.97 Å². The number of rotatable bonds is 5. The zero-order valence-corrected chi connectivity index (χ0v) is 12.0. The Kier molecular flexibility index (Phi) is 4.42. The molecule has 2 unspecified atom stereocenters. The van der Waals surface area contributed by atoms with Crippen LogP contribution in [0, 0.1) is 6.92 Å². The lowest BCUT2D eigenvalue weighted by Gasteiger charge is -2.25. The summed E-state index contributed by atoms with van der Waals surface area (Å²) in [6.45, 7) is 4.54. The number of nitrogens with zero attached hydrogens (tertiary/aromatic N) is 2. The molecular weight excluding hydrogens is 262 g/mol. The largest absolute Gasteiger partial charge is 0.480 e. The summed E-state index contributed by atoms with van der Waals surface area (Å²) >= 11 is 1.59. The Morgan fingerprint density at radius 1 is 1.68 bits per heavy atom. The highest BCUT2D eigenvalue weighted by molar-refractivity contribution is 7.99. The van der Waals surface area contributed by atoms with E-state index in [1.54, 1.807) is 18.0 Å². The standard InChI is InChI=1S/C13H19N3O2S/c1-3-15-13(11(17)18)6-4-10(8-13)19-12-14-7-5-9(2)16-12/h5,7,10,15H,3-4,6,8H2,1-2H3,(H,17,18). The molecule has 5 nitrogen and oxygen atoms in total. The lowest BCUT2D eigenvalue weighted by molar-refractivity contribution is -0.144. The van der Waals surface area contributed by atoms with Gasteiger partial charge in [-0.15, -0.1) is 0 Å². The van der Waals surface area contributed by atoms with E-state index < -0.39 is 11.5 Å². The Labute approximate surface area is 117 Å². The van der Waals surface area contributed by atoms with Gasteiger partial charge in [0.25, 0.3) is 0 Å². The monoisotopic (exact) mass is 281 g/mol. The van der Waals surface area contributed by atoms with Crippen molar-refractivity contribution in [3.8, 4) is 0 Å². The van der Waals surface area contributed by atoms with E-state index in [1.165, 1.54) is 0 Å². The first-order valence-corrected chi connectivity index (χ1v) is 7.38. The van der Waals surface area contributed by atoms with Gasteiger partial charge in [0, 0.05) is 17.1 Å². The molecule has 2 atom stereocenters. The number of thioether (sulfide) groups is 1. The first-order chi connectivity index (χ1) is 9.05.